The van der Waals surface area contributed by atoms with Gasteiger partial charge >= 0.3 is 0 Å². The van der Waals surface area contributed by atoms with Gasteiger partial charge in [0.1, 0.15) is 24.2 Å². The maximum Gasteiger partial charge on any atom is 0.246 e. The quantitative estimate of drug-likeness (QED) is 0.389. The van der Waals surface area contributed by atoms with Crippen LogP contribution in [0.5, 0.6) is 0 Å². The minimum Gasteiger partial charge on any atom is -0.412 e. The standard InChI is InChI=1S/2C11H14N4O2.H2O/c2*16-10-9-2-1-3-15(9)11(17)8(14-10)4-7-5-12-6-13-7;/h2*5-6,8-9H,1-4H2,(H,12,13)(H,14,16);1H2/t2*8-,9-;/m00./s1. The number of piperazine rings is 2. The van der Waals surface area contributed by atoms with E-state index in [1.807, 2.05) is 0 Å². The fraction of sp³-hybridized carbons (Fsp3) is 0.545. The van der Waals surface area contributed by atoms with E-state index >= 15 is 0 Å². The van der Waals surface area contributed by atoms with Crippen molar-refractivity contribution in [3.8, 4) is 0 Å². The summed E-state index contributed by atoms with van der Waals surface area (Å²) in [7, 11) is 0. The van der Waals surface area contributed by atoms with Crippen LogP contribution in [0.3, 0.4) is 0 Å². The number of nitrogens with one attached hydrogen (secondary N) is 4. The van der Waals surface area contributed by atoms with E-state index < -0.39 is 12.1 Å². The largest absolute Gasteiger partial charge is 0.412 e. The molecule has 6 heterocycles. The van der Waals surface area contributed by atoms with Gasteiger partial charge in [-0.15, -0.1) is 0 Å². The third-order valence-electron chi connectivity index (χ3n) is 6.86. The lowest BCUT2D eigenvalue weighted by Gasteiger charge is -2.34. The average molecular weight is 487 g/mol. The third-order valence-corrected chi connectivity index (χ3v) is 6.86. The van der Waals surface area contributed by atoms with Crippen molar-refractivity contribution in [1.29, 1.82) is 0 Å². The molecule has 0 aromatic carbocycles. The number of nitrogens with zero attached hydrogens (tertiary/aromatic N) is 4. The SMILES string of the molecule is O.O=C1N[C@@H](Cc2cnc[nH]2)C(=O)N2CCC[C@@H]12.O=C1N[C@@H](Cc2cnc[nH]2)C(=O)N2CCC[C@@H]12. The van der Waals surface area contributed by atoms with Crippen molar-refractivity contribution in [2.75, 3.05) is 13.1 Å². The van der Waals surface area contributed by atoms with Crippen LogP contribution < -0.4 is 10.6 Å². The van der Waals surface area contributed by atoms with E-state index in [1.54, 1.807) is 34.8 Å². The van der Waals surface area contributed by atoms with Crippen LogP contribution in [-0.2, 0) is 32.0 Å². The number of carbonyl (C=O) groups excluding carboxylic acids is 4. The minimum atomic E-state index is -0.447. The molecule has 35 heavy (non-hydrogen) atoms. The summed E-state index contributed by atoms with van der Waals surface area (Å²) in [5.41, 5.74) is 1.72. The van der Waals surface area contributed by atoms with Gasteiger partial charge in [-0.2, -0.15) is 0 Å². The second-order valence-electron chi connectivity index (χ2n) is 9.06. The molecule has 4 aliphatic rings. The number of aromatic amines is 2. The fourth-order valence-corrected chi connectivity index (χ4v) is 5.17. The Bertz CT molecular complexity index is 972. The van der Waals surface area contributed by atoms with Gasteiger partial charge in [-0.3, -0.25) is 19.2 Å². The normalized spacial score (nSPS) is 27.3. The Kier molecular flexibility index (Phi) is 7.15. The first-order valence-electron chi connectivity index (χ1n) is 11.7. The summed E-state index contributed by atoms with van der Waals surface area (Å²) < 4.78 is 0. The van der Waals surface area contributed by atoms with E-state index in [-0.39, 0.29) is 41.2 Å². The van der Waals surface area contributed by atoms with Gasteiger partial charge in [0.15, 0.2) is 0 Å². The van der Waals surface area contributed by atoms with Crippen LogP contribution in [-0.4, -0.2) is 96.1 Å². The topological polar surface area (TPSA) is 188 Å². The van der Waals surface area contributed by atoms with E-state index in [9.17, 15) is 19.2 Å². The Labute approximate surface area is 201 Å². The summed E-state index contributed by atoms with van der Waals surface area (Å²) in [6.07, 6.45) is 10.9. The molecular weight excluding hydrogens is 456 g/mol. The maximum atomic E-state index is 12.2. The van der Waals surface area contributed by atoms with Gasteiger partial charge in [0, 0.05) is 49.7 Å². The molecule has 0 unspecified atom stereocenters. The summed E-state index contributed by atoms with van der Waals surface area (Å²) in [6.45, 7) is 1.41. The molecule has 4 atom stereocenters. The molecule has 4 fully saturated rings. The number of fused-ring (bicyclic) bond motifs is 2. The zero-order valence-electron chi connectivity index (χ0n) is 19.2. The Morgan fingerprint density at radius 3 is 1.54 bits per heavy atom. The highest BCUT2D eigenvalue weighted by Crippen LogP contribution is 2.24. The van der Waals surface area contributed by atoms with E-state index in [1.165, 1.54) is 0 Å². The Morgan fingerprint density at radius 2 is 1.17 bits per heavy atom. The molecule has 6 rings (SSSR count). The molecule has 0 saturated carbocycles. The zero-order chi connectivity index (χ0) is 23.7. The first-order chi connectivity index (χ1) is 16.5. The van der Waals surface area contributed by atoms with Crippen molar-refractivity contribution in [3.05, 3.63) is 36.4 Å². The molecule has 2 aromatic heterocycles. The number of rotatable bonds is 4. The van der Waals surface area contributed by atoms with Crippen molar-refractivity contribution in [2.24, 2.45) is 0 Å². The van der Waals surface area contributed by atoms with Gasteiger partial charge in [-0.1, -0.05) is 0 Å². The van der Waals surface area contributed by atoms with Crippen LogP contribution in [0.1, 0.15) is 37.1 Å². The van der Waals surface area contributed by atoms with Crippen LogP contribution >= 0.6 is 0 Å². The van der Waals surface area contributed by atoms with E-state index in [4.69, 9.17) is 0 Å². The smallest absolute Gasteiger partial charge is 0.246 e. The number of H-pyrrole nitrogens is 2. The lowest BCUT2D eigenvalue weighted by Crippen LogP contribution is -2.61. The highest BCUT2D eigenvalue weighted by atomic mass is 16.2. The van der Waals surface area contributed by atoms with Crippen molar-refractivity contribution < 1.29 is 24.7 Å². The van der Waals surface area contributed by atoms with Gasteiger partial charge in [0.25, 0.3) is 0 Å². The van der Waals surface area contributed by atoms with Crippen molar-refractivity contribution in [1.82, 2.24) is 40.4 Å². The van der Waals surface area contributed by atoms with Gasteiger partial charge in [-0.05, 0) is 25.7 Å². The summed E-state index contributed by atoms with van der Waals surface area (Å²) in [5.74, 6) is 0.0154. The molecule has 13 heteroatoms. The van der Waals surface area contributed by atoms with Crippen molar-refractivity contribution in [3.63, 3.8) is 0 Å². The summed E-state index contributed by atoms with van der Waals surface area (Å²) in [6, 6.07) is -1.37. The molecule has 13 nitrogen and oxygen atoms in total. The number of carbonyl (C=O) groups is 4. The van der Waals surface area contributed by atoms with Gasteiger partial charge in [0.05, 0.1) is 12.7 Å². The number of aromatic nitrogens is 4. The molecule has 6 N–H and O–H groups in total. The predicted molar refractivity (Wildman–Crippen MR) is 122 cm³/mol. The van der Waals surface area contributed by atoms with Gasteiger partial charge in [-0.25, -0.2) is 9.97 Å². The van der Waals surface area contributed by atoms with E-state index in [2.05, 4.69) is 30.6 Å². The third kappa shape index (κ3) is 4.90. The molecule has 2 aromatic rings. The van der Waals surface area contributed by atoms with Crippen molar-refractivity contribution >= 4 is 23.6 Å². The molecule has 0 spiro atoms. The first kappa shape index (κ1) is 24.4. The molecule has 188 valence electrons. The minimum absolute atomic E-state index is 0. The predicted octanol–water partition coefficient (Wildman–Crippen LogP) is -1.94. The monoisotopic (exact) mass is 486 g/mol. The highest BCUT2D eigenvalue weighted by Gasteiger charge is 2.43. The van der Waals surface area contributed by atoms with Crippen LogP contribution in [0.15, 0.2) is 25.0 Å². The lowest BCUT2D eigenvalue weighted by molar-refractivity contribution is -0.147. The van der Waals surface area contributed by atoms with Gasteiger partial charge in [0.2, 0.25) is 23.6 Å². The number of imidazole rings is 2. The summed E-state index contributed by atoms with van der Waals surface area (Å²) in [4.78, 5) is 65.1. The summed E-state index contributed by atoms with van der Waals surface area (Å²) in [5, 5.41) is 5.60. The van der Waals surface area contributed by atoms with Crippen LogP contribution in [0, 0.1) is 0 Å². The fourth-order valence-electron chi connectivity index (χ4n) is 5.17. The number of amides is 4. The zero-order valence-corrected chi connectivity index (χ0v) is 19.2. The van der Waals surface area contributed by atoms with Crippen molar-refractivity contribution in [2.45, 2.75) is 62.7 Å². The van der Waals surface area contributed by atoms with E-state index in [0.29, 0.717) is 25.9 Å². The summed E-state index contributed by atoms with van der Waals surface area (Å²) >= 11 is 0. The van der Waals surface area contributed by atoms with Crippen LogP contribution in [0.25, 0.3) is 0 Å². The van der Waals surface area contributed by atoms with E-state index in [0.717, 1.165) is 37.1 Å². The molecular formula is C22H30N8O5. The Hall–Kier alpha value is -3.74. The molecule has 0 radical (unpaired) electrons. The van der Waals surface area contributed by atoms with Gasteiger partial charge < -0.3 is 35.9 Å². The molecule has 0 bridgehead atoms. The highest BCUT2D eigenvalue weighted by molar-refractivity contribution is 5.98. The average Bonchev–Trinajstić information content (AvgIpc) is 3.62. The molecule has 4 amide bonds. The van der Waals surface area contributed by atoms with Crippen LogP contribution in [0.4, 0.5) is 0 Å². The number of hydrogen-bond acceptors (Lipinski definition) is 6. The molecule has 0 aliphatic carbocycles. The molecule has 4 saturated heterocycles. The molecule has 4 aliphatic heterocycles. The maximum absolute atomic E-state index is 12.2. The Balaban J connectivity index is 0.000000160. The second kappa shape index (κ2) is 10.3. The lowest BCUT2D eigenvalue weighted by atomic mass is 10.0. The number of hydrogen-bond donors (Lipinski definition) is 4. The Morgan fingerprint density at radius 1 is 0.743 bits per heavy atom. The second-order valence-corrected chi connectivity index (χ2v) is 9.06. The first-order valence-corrected chi connectivity index (χ1v) is 11.7. The van der Waals surface area contributed by atoms with Crippen LogP contribution in [0.2, 0.25) is 0 Å².